The maximum atomic E-state index is 5.67. The Labute approximate surface area is 125 Å². The van der Waals surface area contributed by atoms with Crippen LogP contribution < -0.4 is 5.32 Å². The lowest BCUT2D eigenvalue weighted by molar-refractivity contribution is 0.169. The van der Waals surface area contributed by atoms with Crippen molar-refractivity contribution in [2.45, 2.75) is 57.2 Å². The molecule has 2 aliphatic heterocycles. The molecule has 3 heterocycles. The molecule has 4 rings (SSSR count). The van der Waals surface area contributed by atoms with Crippen LogP contribution in [0, 0.1) is 0 Å². The quantitative estimate of drug-likeness (QED) is 0.938. The first-order valence-corrected chi connectivity index (χ1v) is 8.11. The van der Waals surface area contributed by atoms with Crippen LogP contribution in [0.4, 0.5) is 5.69 Å². The number of fused-ring (bicyclic) bond motifs is 3. The minimum absolute atomic E-state index is 0.591. The third-order valence-corrected chi connectivity index (χ3v) is 5.20. The zero-order chi connectivity index (χ0) is 14.4. The minimum Gasteiger partial charge on any atom is -0.441 e. The fraction of sp³-hybridized carbons (Fsp3) is 0.588. The van der Waals surface area contributed by atoms with E-state index in [1.165, 1.54) is 31.4 Å². The highest BCUT2D eigenvalue weighted by atomic mass is 16.3. The SMILES string of the molecule is CCc1nc2cc(NC3CC4CCC(C3)N4C)ccc2o1. The highest BCUT2D eigenvalue weighted by molar-refractivity contribution is 5.77. The van der Waals surface area contributed by atoms with Gasteiger partial charge in [0.25, 0.3) is 0 Å². The Hall–Kier alpha value is -1.55. The van der Waals surface area contributed by atoms with Crippen LogP contribution in [0.15, 0.2) is 22.6 Å². The van der Waals surface area contributed by atoms with Crippen LogP contribution in [-0.2, 0) is 6.42 Å². The van der Waals surface area contributed by atoms with Crippen molar-refractivity contribution in [3.05, 3.63) is 24.1 Å². The van der Waals surface area contributed by atoms with Crippen LogP contribution in [-0.4, -0.2) is 35.1 Å². The standard InChI is InChI=1S/C17H23N3O/c1-3-17-19-15-10-11(4-7-16(15)21-17)18-12-8-13-5-6-14(9-12)20(13)2/h4,7,10,12-14,18H,3,5-6,8-9H2,1-2H3. The molecule has 2 saturated heterocycles. The van der Waals surface area contributed by atoms with Crippen LogP contribution in [0.2, 0.25) is 0 Å². The van der Waals surface area contributed by atoms with Gasteiger partial charge in [-0.15, -0.1) is 0 Å². The summed E-state index contributed by atoms with van der Waals surface area (Å²) in [6.45, 7) is 2.07. The highest BCUT2D eigenvalue weighted by Gasteiger charge is 2.38. The summed E-state index contributed by atoms with van der Waals surface area (Å²) in [4.78, 5) is 7.10. The molecule has 2 bridgehead atoms. The third kappa shape index (κ3) is 2.31. The zero-order valence-corrected chi connectivity index (χ0v) is 12.8. The summed E-state index contributed by atoms with van der Waals surface area (Å²) in [5.41, 5.74) is 3.03. The van der Waals surface area contributed by atoms with E-state index in [1.54, 1.807) is 0 Å². The van der Waals surface area contributed by atoms with Crippen molar-refractivity contribution in [2.75, 3.05) is 12.4 Å². The van der Waals surface area contributed by atoms with Crippen LogP contribution in [0.5, 0.6) is 0 Å². The topological polar surface area (TPSA) is 41.3 Å². The molecule has 2 unspecified atom stereocenters. The molecule has 2 atom stereocenters. The predicted molar refractivity (Wildman–Crippen MR) is 84.6 cm³/mol. The number of oxazole rings is 1. The second-order valence-electron chi connectivity index (χ2n) is 6.51. The Kier molecular flexibility index (Phi) is 3.14. The summed E-state index contributed by atoms with van der Waals surface area (Å²) in [6.07, 6.45) is 6.08. The second kappa shape index (κ2) is 5.02. The molecule has 0 amide bonds. The van der Waals surface area contributed by atoms with Gasteiger partial charge < -0.3 is 14.6 Å². The van der Waals surface area contributed by atoms with E-state index in [2.05, 4.69) is 41.3 Å². The van der Waals surface area contributed by atoms with Crippen molar-refractivity contribution in [1.82, 2.24) is 9.88 Å². The van der Waals surface area contributed by atoms with E-state index in [-0.39, 0.29) is 0 Å². The monoisotopic (exact) mass is 285 g/mol. The third-order valence-electron chi connectivity index (χ3n) is 5.20. The highest BCUT2D eigenvalue weighted by Crippen LogP contribution is 2.35. The number of benzene rings is 1. The van der Waals surface area contributed by atoms with Crippen molar-refractivity contribution in [1.29, 1.82) is 0 Å². The Morgan fingerprint density at radius 3 is 2.76 bits per heavy atom. The molecule has 1 aromatic heterocycles. The van der Waals surface area contributed by atoms with Crippen LogP contribution in [0.1, 0.15) is 38.5 Å². The van der Waals surface area contributed by atoms with Gasteiger partial charge in [0.15, 0.2) is 11.5 Å². The molecule has 2 aromatic rings. The minimum atomic E-state index is 0.591. The number of aryl methyl sites for hydroxylation is 1. The Bertz CT molecular complexity index is 637. The number of nitrogens with zero attached hydrogens (tertiary/aromatic N) is 2. The van der Waals surface area contributed by atoms with Crippen molar-refractivity contribution in [3.8, 4) is 0 Å². The summed E-state index contributed by atoms with van der Waals surface area (Å²) in [5, 5.41) is 3.71. The van der Waals surface area contributed by atoms with E-state index in [4.69, 9.17) is 4.42 Å². The largest absolute Gasteiger partial charge is 0.441 e. The van der Waals surface area contributed by atoms with Gasteiger partial charge in [-0.25, -0.2) is 4.98 Å². The molecular weight excluding hydrogens is 262 g/mol. The molecule has 21 heavy (non-hydrogen) atoms. The summed E-state index contributed by atoms with van der Waals surface area (Å²) in [6, 6.07) is 8.40. The molecule has 0 radical (unpaired) electrons. The first-order valence-electron chi connectivity index (χ1n) is 8.11. The van der Waals surface area contributed by atoms with Gasteiger partial charge in [0.1, 0.15) is 5.52 Å². The second-order valence-corrected chi connectivity index (χ2v) is 6.51. The normalized spacial score (nSPS) is 29.1. The molecule has 4 nitrogen and oxygen atoms in total. The van der Waals surface area contributed by atoms with E-state index in [9.17, 15) is 0 Å². The number of hydrogen-bond acceptors (Lipinski definition) is 4. The molecule has 1 aromatic carbocycles. The molecule has 4 heteroatoms. The molecule has 2 fully saturated rings. The fourth-order valence-electron chi connectivity index (χ4n) is 3.98. The van der Waals surface area contributed by atoms with Gasteiger partial charge in [-0.1, -0.05) is 6.92 Å². The summed E-state index contributed by atoms with van der Waals surface area (Å²) in [5.74, 6) is 0.819. The summed E-state index contributed by atoms with van der Waals surface area (Å²) >= 11 is 0. The van der Waals surface area contributed by atoms with Crippen LogP contribution in [0.25, 0.3) is 11.1 Å². The van der Waals surface area contributed by atoms with E-state index < -0.39 is 0 Å². The number of hydrogen-bond donors (Lipinski definition) is 1. The van der Waals surface area contributed by atoms with Crippen molar-refractivity contribution in [3.63, 3.8) is 0 Å². The number of piperidine rings is 1. The first kappa shape index (κ1) is 13.1. The summed E-state index contributed by atoms with van der Waals surface area (Å²) < 4.78 is 5.67. The van der Waals surface area contributed by atoms with Gasteiger partial charge in [0.2, 0.25) is 0 Å². The predicted octanol–water partition coefficient (Wildman–Crippen LogP) is 3.43. The number of aromatic nitrogens is 1. The lowest BCUT2D eigenvalue weighted by Crippen LogP contribution is -2.44. The zero-order valence-electron chi connectivity index (χ0n) is 12.8. The molecule has 1 N–H and O–H groups in total. The molecule has 112 valence electrons. The average Bonchev–Trinajstić information content (AvgIpc) is 2.96. The molecule has 0 aliphatic carbocycles. The van der Waals surface area contributed by atoms with Crippen molar-refractivity contribution in [2.24, 2.45) is 0 Å². The van der Waals surface area contributed by atoms with E-state index in [0.717, 1.165) is 35.5 Å². The maximum absolute atomic E-state index is 5.67. The van der Waals surface area contributed by atoms with Crippen LogP contribution in [0.3, 0.4) is 0 Å². The van der Waals surface area contributed by atoms with Gasteiger partial charge in [-0.05, 0) is 50.9 Å². The molecular formula is C17H23N3O. The van der Waals surface area contributed by atoms with Gasteiger partial charge in [0, 0.05) is 30.2 Å². The number of rotatable bonds is 3. The Balaban J connectivity index is 1.52. The molecule has 0 saturated carbocycles. The smallest absolute Gasteiger partial charge is 0.195 e. The van der Waals surface area contributed by atoms with E-state index >= 15 is 0 Å². The first-order chi connectivity index (χ1) is 10.2. The average molecular weight is 285 g/mol. The van der Waals surface area contributed by atoms with Crippen LogP contribution >= 0.6 is 0 Å². The Morgan fingerprint density at radius 2 is 2.05 bits per heavy atom. The van der Waals surface area contributed by atoms with Gasteiger partial charge in [0.05, 0.1) is 0 Å². The number of anilines is 1. The maximum Gasteiger partial charge on any atom is 0.195 e. The fourth-order valence-corrected chi connectivity index (χ4v) is 3.98. The Morgan fingerprint density at radius 1 is 1.29 bits per heavy atom. The van der Waals surface area contributed by atoms with Gasteiger partial charge in [-0.3, -0.25) is 0 Å². The number of nitrogens with one attached hydrogen (secondary N) is 1. The van der Waals surface area contributed by atoms with E-state index in [0.29, 0.717) is 6.04 Å². The van der Waals surface area contributed by atoms with Crippen molar-refractivity contribution >= 4 is 16.8 Å². The van der Waals surface area contributed by atoms with Gasteiger partial charge in [-0.2, -0.15) is 0 Å². The molecule has 2 aliphatic rings. The van der Waals surface area contributed by atoms with E-state index in [1.807, 2.05) is 6.07 Å². The lowest BCUT2D eigenvalue weighted by atomic mass is 9.98. The molecule has 0 spiro atoms. The lowest BCUT2D eigenvalue weighted by Gasteiger charge is -2.37. The van der Waals surface area contributed by atoms with Crippen molar-refractivity contribution < 1.29 is 4.42 Å². The summed E-state index contributed by atoms with van der Waals surface area (Å²) in [7, 11) is 2.28. The van der Waals surface area contributed by atoms with Gasteiger partial charge >= 0.3 is 0 Å².